The van der Waals surface area contributed by atoms with Gasteiger partial charge in [-0.15, -0.1) is 0 Å². The van der Waals surface area contributed by atoms with Gasteiger partial charge in [-0.25, -0.2) is 0 Å². The fourth-order valence-electron chi connectivity index (χ4n) is 1.35. The summed E-state index contributed by atoms with van der Waals surface area (Å²) in [5, 5.41) is 5.49. The van der Waals surface area contributed by atoms with Gasteiger partial charge in [0.15, 0.2) is 0 Å². The largest absolute Gasteiger partial charge is 0.355 e. The third-order valence-corrected chi connectivity index (χ3v) is 2.99. The number of rotatable bonds is 8. The van der Waals surface area contributed by atoms with E-state index in [9.17, 15) is 9.59 Å². The van der Waals surface area contributed by atoms with Crippen LogP contribution < -0.4 is 22.1 Å². The van der Waals surface area contributed by atoms with Crippen LogP contribution in [0.1, 0.15) is 34.1 Å². The van der Waals surface area contributed by atoms with Gasteiger partial charge in [-0.1, -0.05) is 27.7 Å². The standard InChI is InChI=1S/C13H28N4O2/c1-8(2)10(14)12(18)16-6-5-7-17-13(19)11(15)9(3)4/h8-11H,5-7,14-15H2,1-4H3,(H,16,18)(H,17,19)/t10-,11-/m0/s1. The maximum Gasteiger partial charge on any atom is 0.237 e. The number of hydrogen-bond donors (Lipinski definition) is 4. The summed E-state index contributed by atoms with van der Waals surface area (Å²) in [5.41, 5.74) is 11.4. The molecule has 6 N–H and O–H groups in total. The molecule has 6 heteroatoms. The lowest BCUT2D eigenvalue weighted by molar-refractivity contribution is -0.123. The average molecular weight is 272 g/mol. The van der Waals surface area contributed by atoms with E-state index in [0.29, 0.717) is 19.5 Å². The molecule has 0 aromatic rings. The zero-order valence-corrected chi connectivity index (χ0v) is 12.4. The van der Waals surface area contributed by atoms with Gasteiger partial charge in [0, 0.05) is 13.1 Å². The van der Waals surface area contributed by atoms with E-state index in [0.717, 1.165) is 0 Å². The van der Waals surface area contributed by atoms with Crippen LogP contribution in [0.15, 0.2) is 0 Å². The Morgan fingerprint density at radius 1 is 0.842 bits per heavy atom. The second-order valence-electron chi connectivity index (χ2n) is 5.48. The van der Waals surface area contributed by atoms with Crippen LogP contribution in [-0.2, 0) is 9.59 Å². The van der Waals surface area contributed by atoms with E-state index < -0.39 is 12.1 Å². The molecule has 0 fully saturated rings. The van der Waals surface area contributed by atoms with E-state index in [1.54, 1.807) is 0 Å². The Bertz CT molecular complexity index is 264. The van der Waals surface area contributed by atoms with Crippen LogP contribution in [0.4, 0.5) is 0 Å². The number of carbonyl (C=O) groups is 2. The molecule has 0 saturated carbocycles. The third kappa shape index (κ3) is 7.12. The highest BCUT2D eigenvalue weighted by Gasteiger charge is 2.17. The van der Waals surface area contributed by atoms with E-state index in [4.69, 9.17) is 11.5 Å². The molecule has 0 bridgehead atoms. The van der Waals surface area contributed by atoms with Crippen LogP contribution >= 0.6 is 0 Å². The average Bonchev–Trinajstić information content (AvgIpc) is 2.35. The van der Waals surface area contributed by atoms with Gasteiger partial charge in [0.1, 0.15) is 0 Å². The molecule has 0 aliphatic heterocycles. The number of amides is 2. The van der Waals surface area contributed by atoms with Gasteiger partial charge in [-0.2, -0.15) is 0 Å². The van der Waals surface area contributed by atoms with Crippen LogP contribution in [0.25, 0.3) is 0 Å². The lowest BCUT2D eigenvalue weighted by Crippen LogP contribution is -2.46. The summed E-state index contributed by atoms with van der Waals surface area (Å²) in [6.45, 7) is 8.60. The van der Waals surface area contributed by atoms with Crippen molar-refractivity contribution in [3.05, 3.63) is 0 Å². The molecule has 2 amide bonds. The summed E-state index contributed by atoms with van der Waals surface area (Å²) in [6.07, 6.45) is 0.660. The molecule has 2 atom stereocenters. The molecule has 0 spiro atoms. The van der Waals surface area contributed by atoms with Gasteiger partial charge in [0.05, 0.1) is 12.1 Å². The van der Waals surface area contributed by atoms with Crippen molar-refractivity contribution in [2.24, 2.45) is 23.3 Å². The zero-order chi connectivity index (χ0) is 15.0. The van der Waals surface area contributed by atoms with Crippen molar-refractivity contribution in [1.29, 1.82) is 0 Å². The highest BCUT2D eigenvalue weighted by molar-refractivity contribution is 5.82. The predicted octanol–water partition coefficient (Wildman–Crippen LogP) is -0.424. The van der Waals surface area contributed by atoms with Crippen LogP contribution in [0, 0.1) is 11.8 Å². The van der Waals surface area contributed by atoms with Crippen molar-refractivity contribution in [2.45, 2.75) is 46.2 Å². The first-order chi connectivity index (χ1) is 8.77. The Kier molecular flexibility index (Phi) is 8.34. The number of nitrogens with two attached hydrogens (primary N) is 2. The van der Waals surface area contributed by atoms with Crippen molar-refractivity contribution < 1.29 is 9.59 Å². The van der Waals surface area contributed by atoms with Gasteiger partial charge >= 0.3 is 0 Å². The minimum Gasteiger partial charge on any atom is -0.355 e. The fourth-order valence-corrected chi connectivity index (χ4v) is 1.35. The first kappa shape index (κ1) is 17.9. The Hall–Kier alpha value is -1.14. The first-order valence-corrected chi connectivity index (χ1v) is 6.84. The van der Waals surface area contributed by atoms with Crippen molar-refractivity contribution in [3.8, 4) is 0 Å². The SMILES string of the molecule is CC(C)[C@H](N)C(=O)NCCCNC(=O)[C@@H](N)C(C)C. The van der Waals surface area contributed by atoms with Gasteiger partial charge in [0.25, 0.3) is 0 Å². The molecule has 0 saturated heterocycles. The summed E-state index contributed by atoms with van der Waals surface area (Å²) >= 11 is 0. The zero-order valence-electron chi connectivity index (χ0n) is 12.4. The lowest BCUT2D eigenvalue weighted by Gasteiger charge is -2.16. The maximum absolute atomic E-state index is 11.5. The van der Waals surface area contributed by atoms with Crippen LogP contribution in [0.3, 0.4) is 0 Å². The van der Waals surface area contributed by atoms with Gasteiger partial charge in [-0.3, -0.25) is 9.59 Å². The molecule has 0 radical (unpaired) electrons. The molecule has 0 heterocycles. The van der Waals surface area contributed by atoms with Crippen LogP contribution in [0.5, 0.6) is 0 Å². The highest BCUT2D eigenvalue weighted by atomic mass is 16.2. The molecule has 0 aromatic carbocycles. The maximum atomic E-state index is 11.5. The first-order valence-electron chi connectivity index (χ1n) is 6.84. The van der Waals surface area contributed by atoms with Crippen molar-refractivity contribution in [1.82, 2.24) is 10.6 Å². The van der Waals surface area contributed by atoms with Crippen LogP contribution in [-0.4, -0.2) is 37.0 Å². The smallest absolute Gasteiger partial charge is 0.237 e. The Morgan fingerprint density at radius 2 is 1.16 bits per heavy atom. The second-order valence-corrected chi connectivity index (χ2v) is 5.48. The van der Waals surface area contributed by atoms with Crippen LogP contribution in [0.2, 0.25) is 0 Å². The molecule has 0 aliphatic carbocycles. The van der Waals surface area contributed by atoms with Gasteiger partial charge in [-0.05, 0) is 18.3 Å². The Labute approximate surface area is 115 Å². The summed E-state index contributed by atoms with van der Waals surface area (Å²) in [5.74, 6) is -0.0760. The molecule has 0 aromatic heterocycles. The lowest BCUT2D eigenvalue weighted by atomic mass is 10.0. The number of hydrogen-bond acceptors (Lipinski definition) is 4. The molecule has 0 rings (SSSR count). The third-order valence-electron chi connectivity index (χ3n) is 2.99. The predicted molar refractivity (Wildman–Crippen MR) is 76.3 cm³/mol. The molecule has 0 unspecified atom stereocenters. The topological polar surface area (TPSA) is 110 Å². The van der Waals surface area contributed by atoms with E-state index >= 15 is 0 Å². The molecule has 0 aliphatic rings. The molecule has 6 nitrogen and oxygen atoms in total. The summed E-state index contributed by atoms with van der Waals surface area (Å²) in [4.78, 5) is 23.1. The van der Waals surface area contributed by atoms with Crippen molar-refractivity contribution >= 4 is 11.8 Å². The minimum atomic E-state index is -0.482. The summed E-state index contributed by atoms with van der Waals surface area (Å²) in [7, 11) is 0. The van der Waals surface area contributed by atoms with E-state index in [-0.39, 0.29) is 23.7 Å². The van der Waals surface area contributed by atoms with E-state index in [1.807, 2.05) is 27.7 Å². The fraction of sp³-hybridized carbons (Fsp3) is 0.846. The van der Waals surface area contributed by atoms with E-state index in [1.165, 1.54) is 0 Å². The summed E-state index contributed by atoms with van der Waals surface area (Å²) in [6, 6.07) is -0.965. The normalized spacial score (nSPS) is 14.3. The molecular weight excluding hydrogens is 244 g/mol. The quantitative estimate of drug-likeness (QED) is 0.450. The monoisotopic (exact) mass is 272 g/mol. The Balaban J connectivity index is 3.71. The molecular formula is C13H28N4O2. The minimum absolute atomic E-state index is 0.115. The highest BCUT2D eigenvalue weighted by Crippen LogP contribution is 1.98. The number of nitrogens with one attached hydrogen (secondary N) is 2. The Morgan fingerprint density at radius 3 is 1.42 bits per heavy atom. The molecule has 112 valence electrons. The van der Waals surface area contributed by atoms with E-state index in [2.05, 4.69) is 10.6 Å². The van der Waals surface area contributed by atoms with Gasteiger partial charge in [0.2, 0.25) is 11.8 Å². The number of carbonyl (C=O) groups excluding carboxylic acids is 2. The van der Waals surface area contributed by atoms with Crippen molar-refractivity contribution in [2.75, 3.05) is 13.1 Å². The summed E-state index contributed by atoms with van der Waals surface area (Å²) < 4.78 is 0. The molecule has 19 heavy (non-hydrogen) atoms. The van der Waals surface area contributed by atoms with Crippen molar-refractivity contribution in [3.63, 3.8) is 0 Å². The second kappa shape index (κ2) is 8.87. The van der Waals surface area contributed by atoms with Gasteiger partial charge < -0.3 is 22.1 Å².